The van der Waals surface area contributed by atoms with Crippen molar-refractivity contribution in [3.05, 3.63) is 71.3 Å². The highest BCUT2D eigenvalue weighted by molar-refractivity contribution is 5.79. The van der Waals surface area contributed by atoms with Crippen molar-refractivity contribution < 1.29 is 31.5 Å². The normalized spacial score (nSPS) is 19.6. The van der Waals surface area contributed by atoms with Gasteiger partial charge in [0.05, 0.1) is 18.0 Å². The van der Waals surface area contributed by atoms with Crippen molar-refractivity contribution in [3.63, 3.8) is 0 Å². The first-order chi connectivity index (χ1) is 19.0. The Balaban J connectivity index is 1.23. The molecule has 2 aromatic carbocycles. The molecule has 0 aromatic heterocycles. The summed E-state index contributed by atoms with van der Waals surface area (Å²) in [5, 5.41) is 6.10. The second-order valence-electron chi connectivity index (χ2n) is 10.9. The summed E-state index contributed by atoms with van der Waals surface area (Å²) in [6.07, 6.45) is -2.34. The Kier molecular flexibility index (Phi) is 9.81. The van der Waals surface area contributed by atoms with Gasteiger partial charge in [-0.3, -0.25) is 9.59 Å². The van der Waals surface area contributed by atoms with Crippen LogP contribution in [0.2, 0.25) is 0 Å². The minimum Gasteiger partial charge on any atom is -0.353 e. The Morgan fingerprint density at radius 3 is 2.15 bits per heavy atom. The van der Waals surface area contributed by atoms with Crippen LogP contribution in [-0.2, 0) is 22.2 Å². The van der Waals surface area contributed by atoms with Gasteiger partial charge in [-0.2, -0.15) is 13.2 Å². The number of alkyl halides is 5. The zero-order valence-electron chi connectivity index (χ0n) is 22.4. The zero-order chi connectivity index (χ0) is 28.8. The molecular weight excluding hydrogens is 529 g/mol. The number of piperidine rings is 1. The highest BCUT2D eigenvalue weighted by Crippen LogP contribution is 2.36. The van der Waals surface area contributed by atoms with Gasteiger partial charge in [-0.1, -0.05) is 42.5 Å². The maximum atomic E-state index is 13.5. The molecule has 1 saturated heterocycles. The predicted molar refractivity (Wildman–Crippen MR) is 142 cm³/mol. The van der Waals surface area contributed by atoms with Gasteiger partial charge >= 0.3 is 6.18 Å². The van der Waals surface area contributed by atoms with Crippen LogP contribution in [0.15, 0.2) is 54.6 Å². The van der Waals surface area contributed by atoms with E-state index in [4.69, 9.17) is 0 Å². The molecule has 10 heteroatoms. The molecule has 2 aromatic rings. The predicted octanol–water partition coefficient (Wildman–Crippen LogP) is 5.90. The molecule has 0 bridgehead atoms. The Bertz CT molecular complexity index is 1110. The van der Waals surface area contributed by atoms with E-state index in [2.05, 4.69) is 15.5 Å². The molecule has 40 heavy (non-hydrogen) atoms. The van der Waals surface area contributed by atoms with E-state index >= 15 is 0 Å². The third-order valence-corrected chi connectivity index (χ3v) is 7.94. The first-order valence-corrected chi connectivity index (χ1v) is 13.9. The number of hydrogen-bond donors (Lipinski definition) is 2. The van der Waals surface area contributed by atoms with E-state index < -0.39 is 23.6 Å². The zero-order valence-corrected chi connectivity index (χ0v) is 22.4. The average Bonchev–Trinajstić information content (AvgIpc) is 2.92. The summed E-state index contributed by atoms with van der Waals surface area (Å²) in [4.78, 5) is 27.7. The van der Waals surface area contributed by atoms with Gasteiger partial charge in [0.15, 0.2) is 0 Å². The number of likely N-dealkylation sites (tertiary alicyclic amines) is 1. The van der Waals surface area contributed by atoms with Gasteiger partial charge in [0.25, 0.3) is 0 Å². The molecular formula is C30H36F5N3O2. The third-order valence-electron chi connectivity index (χ3n) is 7.94. The summed E-state index contributed by atoms with van der Waals surface area (Å²) >= 11 is 0. The van der Waals surface area contributed by atoms with Crippen LogP contribution < -0.4 is 10.6 Å². The van der Waals surface area contributed by atoms with E-state index in [1.54, 1.807) is 0 Å². The lowest BCUT2D eigenvalue weighted by atomic mass is 9.86. The first kappa shape index (κ1) is 30.0. The van der Waals surface area contributed by atoms with Crippen molar-refractivity contribution in [2.24, 2.45) is 5.92 Å². The Hall–Kier alpha value is -3.01. The molecule has 4 rings (SSSR count). The van der Waals surface area contributed by atoms with Crippen molar-refractivity contribution in [2.75, 3.05) is 19.6 Å². The van der Waals surface area contributed by atoms with Crippen LogP contribution in [-0.4, -0.2) is 48.3 Å². The number of benzene rings is 2. The summed E-state index contributed by atoms with van der Waals surface area (Å²) in [6, 6.07) is 14.0. The van der Waals surface area contributed by atoms with Gasteiger partial charge in [0.1, 0.15) is 0 Å². The molecule has 0 spiro atoms. The minimum absolute atomic E-state index is 0.00717. The van der Waals surface area contributed by atoms with Crippen LogP contribution in [0.1, 0.15) is 67.7 Å². The molecule has 2 fully saturated rings. The topological polar surface area (TPSA) is 61.4 Å². The summed E-state index contributed by atoms with van der Waals surface area (Å²) in [5.74, 6) is -3.46. The van der Waals surface area contributed by atoms with E-state index in [0.717, 1.165) is 50.2 Å². The smallest absolute Gasteiger partial charge is 0.353 e. The molecule has 1 aliphatic heterocycles. The second-order valence-corrected chi connectivity index (χ2v) is 10.9. The monoisotopic (exact) mass is 565 g/mol. The largest absolute Gasteiger partial charge is 0.416 e. The van der Waals surface area contributed by atoms with Crippen molar-refractivity contribution >= 4 is 11.8 Å². The Morgan fingerprint density at radius 1 is 0.925 bits per heavy atom. The maximum absolute atomic E-state index is 13.5. The fourth-order valence-electron chi connectivity index (χ4n) is 5.49. The van der Waals surface area contributed by atoms with E-state index in [9.17, 15) is 31.5 Å². The van der Waals surface area contributed by atoms with Crippen LogP contribution in [0.5, 0.6) is 0 Å². The Morgan fingerprint density at radius 2 is 1.55 bits per heavy atom. The maximum Gasteiger partial charge on any atom is 0.416 e. The Labute approximate surface area is 231 Å². The average molecular weight is 566 g/mol. The molecule has 1 aliphatic carbocycles. The number of halogens is 5. The van der Waals surface area contributed by atoms with E-state index in [1.165, 1.54) is 12.1 Å². The van der Waals surface area contributed by atoms with Crippen molar-refractivity contribution in [3.8, 4) is 0 Å². The lowest BCUT2D eigenvalue weighted by molar-refractivity contribution is -0.137. The number of nitrogens with one attached hydrogen (secondary N) is 2. The van der Waals surface area contributed by atoms with Gasteiger partial charge in [-0.15, -0.1) is 0 Å². The number of hydrogen-bond acceptors (Lipinski definition) is 3. The first-order valence-electron chi connectivity index (χ1n) is 13.9. The molecule has 0 unspecified atom stereocenters. The van der Waals surface area contributed by atoms with E-state index in [1.807, 2.05) is 30.3 Å². The standard InChI is InChI=1S/C30H36F5N3O2/c31-29(32)15-10-23(11-16-29)28(40)37-26(22-4-2-1-3-5-22)14-19-38-17-12-25(13-18-38)36-27(39)20-21-6-8-24(9-7-21)30(33,34)35/h1-9,23,25-26H,10-20H2,(H,36,39)(H,37,40)/t26-/m0/s1. The molecule has 1 heterocycles. The number of rotatable bonds is 9. The quantitative estimate of drug-likeness (QED) is 0.372. The minimum atomic E-state index is -4.41. The number of amides is 2. The molecule has 5 nitrogen and oxygen atoms in total. The van der Waals surface area contributed by atoms with Gasteiger partial charge in [0.2, 0.25) is 17.7 Å². The SMILES string of the molecule is O=C(Cc1ccc(C(F)(F)F)cc1)NC1CCN(CC[C@H](NC(=O)C2CCC(F)(F)CC2)c2ccccc2)CC1. The van der Waals surface area contributed by atoms with E-state index in [0.29, 0.717) is 12.0 Å². The number of carbonyl (C=O) groups is 2. The molecule has 2 aliphatic rings. The van der Waals surface area contributed by atoms with Crippen LogP contribution in [0.25, 0.3) is 0 Å². The van der Waals surface area contributed by atoms with Gasteiger partial charge in [0, 0.05) is 44.4 Å². The van der Waals surface area contributed by atoms with Crippen molar-refractivity contribution in [1.82, 2.24) is 15.5 Å². The lowest BCUT2D eigenvalue weighted by Crippen LogP contribution is -2.46. The van der Waals surface area contributed by atoms with Crippen LogP contribution >= 0.6 is 0 Å². The van der Waals surface area contributed by atoms with Gasteiger partial charge in [-0.25, -0.2) is 8.78 Å². The van der Waals surface area contributed by atoms with E-state index in [-0.39, 0.29) is 56.0 Å². The molecule has 2 amide bonds. The third kappa shape index (κ3) is 8.74. The molecule has 1 saturated carbocycles. The van der Waals surface area contributed by atoms with Gasteiger partial charge in [-0.05, 0) is 55.4 Å². The highest BCUT2D eigenvalue weighted by atomic mass is 19.4. The summed E-state index contributed by atoms with van der Waals surface area (Å²) in [6.45, 7) is 2.26. The number of nitrogens with zero attached hydrogens (tertiary/aromatic N) is 1. The van der Waals surface area contributed by atoms with Crippen molar-refractivity contribution in [1.29, 1.82) is 0 Å². The lowest BCUT2D eigenvalue weighted by Gasteiger charge is -2.34. The highest BCUT2D eigenvalue weighted by Gasteiger charge is 2.38. The molecule has 2 N–H and O–H groups in total. The number of carbonyl (C=O) groups excluding carboxylic acids is 2. The van der Waals surface area contributed by atoms with Crippen LogP contribution in [0.3, 0.4) is 0 Å². The molecule has 1 atom stereocenters. The van der Waals surface area contributed by atoms with Crippen LogP contribution in [0, 0.1) is 5.92 Å². The van der Waals surface area contributed by atoms with Gasteiger partial charge < -0.3 is 15.5 Å². The van der Waals surface area contributed by atoms with Crippen LogP contribution in [0.4, 0.5) is 22.0 Å². The fourth-order valence-corrected chi connectivity index (χ4v) is 5.49. The molecule has 218 valence electrons. The second kappa shape index (κ2) is 13.1. The fraction of sp³-hybridized carbons (Fsp3) is 0.533. The van der Waals surface area contributed by atoms with Crippen molar-refractivity contribution in [2.45, 2.75) is 75.5 Å². The summed E-state index contributed by atoms with van der Waals surface area (Å²) in [7, 11) is 0. The summed E-state index contributed by atoms with van der Waals surface area (Å²) < 4.78 is 65.3. The molecule has 0 radical (unpaired) electrons. The summed E-state index contributed by atoms with van der Waals surface area (Å²) in [5.41, 5.74) is 0.762.